The fraction of sp³-hybridized carbons (Fsp3) is 0.500. The lowest BCUT2D eigenvalue weighted by Crippen LogP contribution is -2.27. The first-order valence-electron chi connectivity index (χ1n) is 6.47. The SMILES string of the molecule is CCCCCC(=O)NCCOc1cccc(N)c1. The first-order chi connectivity index (χ1) is 8.72. The predicted octanol–water partition coefficient (Wildman–Crippen LogP) is 2.34. The van der Waals surface area contributed by atoms with Crippen LogP contribution < -0.4 is 15.8 Å². The van der Waals surface area contributed by atoms with Crippen molar-refractivity contribution in [3.63, 3.8) is 0 Å². The van der Waals surface area contributed by atoms with Crippen molar-refractivity contribution >= 4 is 11.6 Å². The normalized spacial score (nSPS) is 10.1. The molecule has 0 aliphatic rings. The number of unbranched alkanes of at least 4 members (excludes halogenated alkanes) is 2. The molecule has 0 saturated carbocycles. The van der Waals surface area contributed by atoms with Gasteiger partial charge in [-0.15, -0.1) is 0 Å². The fourth-order valence-electron chi connectivity index (χ4n) is 1.59. The molecule has 18 heavy (non-hydrogen) atoms. The highest BCUT2D eigenvalue weighted by atomic mass is 16.5. The zero-order chi connectivity index (χ0) is 13.2. The predicted molar refractivity (Wildman–Crippen MR) is 73.5 cm³/mol. The monoisotopic (exact) mass is 250 g/mol. The molecule has 100 valence electrons. The van der Waals surface area contributed by atoms with Crippen molar-refractivity contribution in [2.75, 3.05) is 18.9 Å². The zero-order valence-corrected chi connectivity index (χ0v) is 10.9. The minimum Gasteiger partial charge on any atom is -0.492 e. The third-order valence-corrected chi connectivity index (χ3v) is 2.56. The maximum atomic E-state index is 11.4. The van der Waals surface area contributed by atoms with Crippen LogP contribution in [0.5, 0.6) is 5.75 Å². The van der Waals surface area contributed by atoms with Crippen LogP contribution in [0.25, 0.3) is 0 Å². The number of amides is 1. The fourth-order valence-corrected chi connectivity index (χ4v) is 1.59. The van der Waals surface area contributed by atoms with Crippen LogP contribution in [0.4, 0.5) is 5.69 Å². The van der Waals surface area contributed by atoms with E-state index in [9.17, 15) is 4.79 Å². The number of nitrogen functional groups attached to an aromatic ring is 1. The second kappa shape index (κ2) is 8.39. The summed E-state index contributed by atoms with van der Waals surface area (Å²) in [6, 6.07) is 7.26. The molecule has 3 N–H and O–H groups in total. The topological polar surface area (TPSA) is 64.3 Å². The van der Waals surface area contributed by atoms with Crippen molar-refractivity contribution in [1.82, 2.24) is 5.32 Å². The number of carbonyl (C=O) groups is 1. The molecule has 0 aliphatic heterocycles. The molecule has 0 spiro atoms. The average Bonchev–Trinajstić information content (AvgIpc) is 2.35. The van der Waals surface area contributed by atoms with E-state index in [0.29, 0.717) is 25.3 Å². The summed E-state index contributed by atoms with van der Waals surface area (Å²) in [5, 5.41) is 2.83. The van der Waals surface area contributed by atoms with E-state index in [-0.39, 0.29) is 5.91 Å². The first kappa shape index (κ1) is 14.4. The Balaban J connectivity index is 2.09. The Morgan fingerprint density at radius 1 is 1.39 bits per heavy atom. The highest BCUT2D eigenvalue weighted by molar-refractivity contribution is 5.75. The summed E-state index contributed by atoms with van der Waals surface area (Å²) >= 11 is 0. The molecule has 0 saturated heterocycles. The van der Waals surface area contributed by atoms with Crippen LogP contribution in [-0.2, 0) is 4.79 Å². The van der Waals surface area contributed by atoms with Gasteiger partial charge in [0.15, 0.2) is 0 Å². The van der Waals surface area contributed by atoms with Gasteiger partial charge in [-0.3, -0.25) is 4.79 Å². The van der Waals surface area contributed by atoms with Crippen molar-refractivity contribution in [2.45, 2.75) is 32.6 Å². The standard InChI is InChI=1S/C14H22N2O2/c1-2-3-4-8-14(17)16-9-10-18-13-7-5-6-12(15)11-13/h5-7,11H,2-4,8-10,15H2,1H3,(H,16,17). The van der Waals surface area contributed by atoms with E-state index >= 15 is 0 Å². The van der Waals surface area contributed by atoms with Crippen molar-refractivity contribution in [3.8, 4) is 5.75 Å². The zero-order valence-electron chi connectivity index (χ0n) is 10.9. The molecule has 1 amide bonds. The summed E-state index contributed by atoms with van der Waals surface area (Å²) in [5.74, 6) is 0.829. The van der Waals surface area contributed by atoms with Crippen LogP contribution in [-0.4, -0.2) is 19.1 Å². The van der Waals surface area contributed by atoms with Crippen molar-refractivity contribution in [2.24, 2.45) is 0 Å². The minimum absolute atomic E-state index is 0.0969. The van der Waals surface area contributed by atoms with Crippen LogP contribution in [0, 0.1) is 0 Å². The van der Waals surface area contributed by atoms with Crippen LogP contribution in [0.3, 0.4) is 0 Å². The van der Waals surface area contributed by atoms with Gasteiger partial charge >= 0.3 is 0 Å². The number of hydrogen-bond donors (Lipinski definition) is 2. The molecule has 0 aromatic heterocycles. The quantitative estimate of drug-likeness (QED) is 0.550. The number of nitrogens with two attached hydrogens (primary N) is 1. The van der Waals surface area contributed by atoms with E-state index in [1.54, 1.807) is 6.07 Å². The van der Waals surface area contributed by atoms with Gasteiger partial charge in [-0.1, -0.05) is 25.8 Å². The molecular weight excluding hydrogens is 228 g/mol. The molecule has 1 aromatic carbocycles. The Bertz CT molecular complexity index is 367. The molecule has 0 unspecified atom stereocenters. The number of ether oxygens (including phenoxy) is 1. The van der Waals surface area contributed by atoms with E-state index in [1.165, 1.54) is 0 Å². The van der Waals surface area contributed by atoms with Crippen LogP contribution in [0.15, 0.2) is 24.3 Å². The molecule has 0 aliphatic carbocycles. The van der Waals surface area contributed by atoms with Crippen molar-refractivity contribution in [3.05, 3.63) is 24.3 Å². The highest BCUT2D eigenvalue weighted by Gasteiger charge is 2.00. The second-order valence-electron chi connectivity index (χ2n) is 4.23. The smallest absolute Gasteiger partial charge is 0.220 e. The summed E-state index contributed by atoms with van der Waals surface area (Å²) < 4.78 is 5.47. The molecule has 0 atom stereocenters. The minimum atomic E-state index is 0.0969. The Kier molecular flexibility index (Phi) is 6.69. The number of anilines is 1. The average molecular weight is 250 g/mol. The van der Waals surface area contributed by atoms with E-state index in [2.05, 4.69) is 12.2 Å². The highest BCUT2D eigenvalue weighted by Crippen LogP contribution is 2.13. The van der Waals surface area contributed by atoms with Crippen molar-refractivity contribution in [1.29, 1.82) is 0 Å². The van der Waals surface area contributed by atoms with Gasteiger partial charge in [0.1, 0.15) is 12.4 Å². The number of benzene rings is 1. The molecule has 1 rings (SSSR count). The third-order valence-electron chi connectivity index (χ3n) is 2.56. The molecule has 4 nitrogen and oxygen atoms in total. The molecule has 0 radical (unpaired) electrons. The Morgan fingerprint density at radius 3 is 2.94 bits per heavy atom. The maximum absolute atomic E-state index is 11.4. The van der Waals surface area contributed by atoms with Crippen LogP contribution >= 0.6 is 0 Å². The van der Waals surface area contributed by atoms with E-state index in [4.69, 9.17) is 10.5 Å². The van der Waals surface area contributed by atoms with Crippen LogP contribution in [0.1, 0.15) is 32.6 Å². The molecule has 4 heteroatoms. The van der Waals surface area contributed by atoms with E-state index < -0.39 is 0 Å². The lowest BCUT2D eigenvalue weighted by atomic mass is 10.2. The maximum Gasteiger partial charge on any atom is 0.220 e. The summed E-state index contributed by atoms with van der Waals surface area (Å²) in [7, 11) is 0. The number of hydrogen-bond acceptors (Lipinski definition) is 3. The molecule has 0 heterocycles. The number of nitrogens with one attached hydrogen (secondary N) is 1. The van der Waals surface area contributed by atoms with Gasteiger partial charge in [0.2, 0.25) is 5.91 Å². The van der Waals surface area contributed by atoms with Gasteiger partial charge in [0.05, 0.1) is 6.54 Å². The Labute approximate surface area is 109 Å². The van der Waals surface area contributed by atoms with Gasteiger partial charge in [0, 0.05) is 18.2 Å². The van der Waals surface area contributed by atoms with Gasteiger partial charge in [-0.05, 0) is 18.6 Å². The van der Waals surface area contributed by atoms with Gasteiger partial charge in [-0.2, -0.15) is 0 Å². The molecule has 1 aromatic rings. The van der Waals surface area contributed by atoms with Gasteiger partial charge in [-0.25, -0.2) is 0 Å². The summed E-state index contributed by atoms with van der Waals surface area (Å²) in [6.45, 7) is 3.11. The summed E-state index contributed by atoms with van der Waals surface area (Å²) in [4.78, 5) is 11.4. The van der Waals surface area contributed by atoms with Crippen LogP contribution in [0.2, 0.25) is 0 Å². The third kappa shape index (κ3) is 6.13. The lowest BCUT2D eigenvalue weighted by molar-refractivity contribution is -0.121. The molecular formula is C14H22N2O2. The van der Waals surface area contributed by atoms with E-state index in [1.807, 2.05) is 18.2 Å². The van der Waals surface area contributed by atoms with Gasteiger partial charge in [0.25, 0.3) is 0 Å². The number of rotatable bonds is 8. The lowest BCUT2D eigenvalue weighted by Gasteiger charge is -2.08. The van der Waals surface area contributed by atoms with E-state index in [0.717, 1.165) is 25.0 Å². The Morgan fingerprint density at radius 2 is 2.22 bits per heavy atom. The largest absolute Gasteiger partial charge is 0.492 e. The van der Waals surface area contributed by atoms with Gasteiger partial charge < -0.3 is 15.8 Å². The first-order valence-corrected chi connectivity index (χ1v) is 6.47. The summed E-state index contributed by atoms with van der Waals surface area (Å²) in [5.41, 5.74) is 6.31. The number of carbonyl (C=O) groups excluding carboxylic acids is 1. The molecule has 0 bridgehead atoms. The van der Waals surface area contributed by atoms with Crippen molar-refractivity contribution < 1.29 is 9.53 Å². The Hall–Kier alpha value is -1.71. The molecule has 0 fully saturated rings. The summed E-state index contributed by atoms with van der Waals surface area (Å²) in [6.07, 6.45) is 3.80. The second-order valence-corrected chi connectivity index (χ2v) is 4.23.